The van der Waals surface area contributed by atoms with Crippen molar-refractivity contribution in [3.63, 3.8) is 0 Å². The molecule has 11 heteroatoms. The Balaban J connectivity index is 1.98. The second-order valence-electron chi connectivity index (χ2n) is 6.33. The summed E-state index contributed by atoms with van der Waals surface area (Å²) in [6.45, 7) is 0.328. The number of carboxylic acid groups (broad SMARTS) is 1. The van der Waals surface area contributed by atoms with Crippen LogP contribution < -0.4 is 4.72 Å². The lowest BCUT2D eigenvalue weighted by Gasteiger charge is -2.32. The third-order valence-electron chi connectivity index (χ3n) is 4.40. The first-order valence-corrected chi connectivity index (χ1v) is 9.91. The molecule has 10 nitrogen and oxygen atoms in total. The van der Waals surface area contributed by atoms with Crippen molar-refractivity contribution in [3.05, 3.63) is 34.4 Å². The molecule has 1 heterocycles. The lowest BCUT2D eigenvalue weighted by molar-refractivity contribution is -0.387. The van der Waals surface area contributed by atoms with E-state index in [4.69, 9.17) is 5.11 Å². The van der Waals surface area contributed by atoms with Gasteiger partial charge in [0.25, 0.3) is 5.69 Å². The second-order valence-corrected chi connectivity index (χ2v) is 8.07. The van der Waals surface area contributed by atoms with E-state index in [1.807, 2.05) is 0 Å². The average Bonchev–Trinajstić information content (AvgIpc) is 2.64. The first-order chi connectivity index (χ1) is 12.7. The van der Waals surface area contributed by atoms with Crippen LogP contribution in [-0.2, 0) is 19.6 Å². The molecular formula is C16H21N3O7S. The van der Waals surface area contributed by atoms with E-state index in [0.717, 1.165) is 18.6 Å². The fourth-order valence-corrected chi connectivity index (χ4v) is 4.18. The minimum Gasteiger partial charge on any atom is -0.481 e. The zero-order valence-corrected chi connectivity index (χ0v) is 15.4. The van der Waals surface area contributed by atoms with Crippen LogP contribution in [0.4, 0.5) is 5.69 Å². The van der Waals surface area contributed by atoms with E-state index in [2.05, 4.69) is 4.72 Å². The van der Waals surface area contributed by atoms with E-state index in [1.54, 1.807) is 0 Å². The largest absolute Gasteiger partial charge is 0.481 e. The maximum Gasteiger partial charge on any atom is 0.303 e. The Morgan fingerprint density at radius 2 is 2.04 bits per heavy atom. The van der Waals surface area contributed by atoms with E-state index in [1.165, 1.54) is 17.0 Å². The first-order valence-electron chi connectivity index (χ1n) is 8.43. The number of carbonyl (C=O) groups excluding carboxylic acids is 1. The monoisotopic (exact) mass is 399 g/mol. The highest BCUT2D eigenvalue weighted by Crippen LogP contribution is 2.23. The number of aliphatic carboxylic acids is 1. The maximum atomic E-state index is 12.3. The van der Waals surface area contributed by atoms with E-state index < -0.39 is 44.0 Å². The van der Waals surface area contributed by atoms with Crippen LogP contribution in [0.5, 0.6) is 0 Å². The topological polar surface area (TPSA) is 147 Å². The van der Waals surface area contributed by atoms with Gasteiger partial charge >= 0.3 is 5.97 Å². The Kier molecular flexibility index (Phi) is 6.86. The Morgan fingerprint density at radius 3 is 2.70 bits per heavy atom. The molecule has 1 saturated heterocycles. The molecule has 2 N–H and O–H groups in total. The van der Waals surface area contributed by atoms with Crippen LogP contribution in [0.3, 0.4) is 0 Å². The summed E-state index contributed by atoms with van der Waals surface area (Å²) in [4.78, 5) is 34.2. The summed E-state index contributed by atoms with van der Waals surface area (Å²) in [5, 5.41) is 19.8. The molecule has 148 valence electrons. The van der Waals surface area contributed by atoms with Crippen molar-refractivity contribution in [2.45, 2.75) is 30.6 Å². The quantitative estimate of drug-likeness (QED) is 0.489. The van der Waals surface area contributed by atoms with Gasteiger partial charge in [0.2, 0.25) is 15.9 Å². The van der Waals surface area contributed by atoms with Crippen LogP contribution >= 0.6 is 0 Å². The first kappa shape index (κ1) is 20.8. The van der Waals surface area contributed by atoms with Crippen LogP contribution in [0.15, 0.2) is 29.2 Å². The number of para-hydroxylation sites is 1. The van der Waals surface area contributed by atoms with Gasteiger partial charge in [0.05, 0.1) is 11.5 Å². The zero-order chi connectivity index (χ0) is 20.0. The number of hydrogen-bond donors (Lipinski definition) is 2. The Morgan fingerprint density at radius 1 is 1.33 bits per heavy atom. The van der Waals surface area contributed by atoms with E-state index in [9.17, 15) is 28.1 Å². The molecule has 1 atom stereocenters. The van der Waals surface area contributed by atoms with Crippen molar-refractivity contribution in [1.82, 2.24) is 9.62 Å². The molecule has 1 aliphatic heterocycles. The summed E-state index contributed by atoms with van der Waals surface area (Å²) in [7, 11) is -4.22. The Hall–Kier alpha value is -2.53. The lowest BCUT2D eigenvalue weighted by Crippen LogP contribution is -2.45. The standard InChI is InChI=1S/C16H21N3O7S/c20-15(18-9-3-4-12(11-18)7-8-16(21)22)10-17-27(25,26)14-6-2-1-5-13(14)19(23)24/h1-2,5-6,12,17H,3-4,7-11H2,(H,21,22). The van der Waals surface area contributed by atoms with Crippen molar-refractivity contribution in [2.24, 2.45) is 5.92 Å². The van der Waals surface area contributed by atoms with Gasteiger partial charge in [-0.3, -0.25) is 19.7 Å². The maximum absolute atomic E-state index is 12.3. The minimum absolute atomic E-state index is 0.0248. The number of nitro groups is 1. The highest BCUT2D eigenvalue weighted by molar-refractivity contribution is 7.89. The van der Waals surface area contributed by atoms with Crippen molar-refractivity contribution < 1.29 is 28.0 Å². The van der Waals surface area contributed by atoms with Crippen LogP contribution in [-0.4, -0.2) is 54.9 Å². The summed E-state index contributed by atoms with van der Waals surface area (Å²) in [5.41, 5.74) is -0.566. The Bertz CT molecular complexity index is 825. The molecule has 0 aromatic heterocycles. The predicted molar refractivity (Wildman–Crippen MR) is 94.5 cm³/mol. The fraction of sp³-hybridized carbons (Fsp3) is 0.500. The van der Waals surface area contributed by atoms with Gasteiger partial charge in [-0.15, -0.1) is 0 Å². The highest BCUT2D eigenvalue weighted by Gasteiger charge is 2.28. The number of nitro benzene ring substituents is 1. The number of benzene rings is 1. The summed E-state index contributed by atoms with van der Waals surface area (Å²) in [6.07, 6.45) is 2.02. The number of nitrogens with one attached hydrogen (secondary N) is 1. The fourth-order valence-electron chi connectivity index (χ4n) is 3.04. The van der Waals surface area contributed by atoms with Gasteiger partial charge in [0, 0.05) is 25.6 Å². The third-order valence-corrected chi connectivity index (χ3v) is 5.85. The lowest BCUT2D eigenvalue weighted by atomic mass is 9.93. The van der Waals surface area contributed by atoms with Crippen LogP contribution in [0, 0.1) is 16.0 Å². The smallest absolute Gasteiger partial charge is 0.303 e. The molecule has 0 radical (unpaired) electrons. The number of carbonyl (C=O) groups is 2. The van der Waals surface area contributed by atoms with Crippen LogP contribution in [0.2, 0.25) is 0 Å². The van der Waals surface area contributed by atoms with Gasteiger partial charge in [0.1, 0.15) is 0 Å². The van der Waals surface area contributed by atoms with Gasteiger partial charge in [-0.2, -0.15) is 0 Å². The number of rotatable bonds is 8. The molecule has 0 bridgehead atoms. The van der Waals surface area contributed by atoms with Gasteiger partial charge < -0.3 is 10.0 Å². The third kappa shape index (κ3) is 5.73. The van der Waals surface area contributed by atoms with E-state index >= 15 is 0 Å². The summed E-state index contributed by atoms with van der Waals surface area (Å²) >= 11 is 0. The number of likely N-dealkylation sites (tertiary alicyclic amines) is 1. The number of sulfonamides is 1. The minimum atomic E-state index is -4.22. The molecule has 0 saturated carbocycles. The van der Waals surface area contributed by atoms with E-state index in [-0.39, 0.29) is 12.3 Å². The van der Waals surface area contributed by atoms with E-state index in [0.29, 0.717) is 25.9 Å². The van der Waals surface area contributed by atoms with Gasteiger partial charge in [0.15, 0.2) is 4.90 Å². The number of nitrogens with zero attached hydrogens (tertiary/aromatic N) is 2. The average molecular weight is 399 g/mol. The molecule has 1 unspecified atom stereocenters. The number of piperidine rings is 1. The van der Waals surface area contributed by atoms with Gasteiger partial charge in [-0.1, -0.05) is 12.1 Å². The van der Waals surface area contributed by atoms with Gasteiger partial charge in [-0.05, 0) is 31.2 Å². The second kappa shape index (κ2) is 8.91. The molecule has 0 spiro atoms. The predicted octanol–water partition coefficient (Wildman–Crippen LogP) is 0.977. The number of carboxylic acids is 1. The molecule has 1 aromatic rings. The normalized spacial score (nSPS) is 17.5. The van der Waals surface area contributed by atoms with Crippen LogP contribution in [0.25, 0.3) is 0 Å². The number of amides is 1. The zero-order valence-electron chi connectivity index (χ0n) is 14.5. The molecular weight excluding hydrogens is 378 g/mol. The van der Waals surface area contributed by atoms with Crippen molar-refractivity contribution in [2.75, 3.05) is 19.6 Å². The van der Waals surface area contributed by atoms with Crippen molar-refractivity contribution >= 4 is 27.6 Å². The van der Waals surface area contributed by atoms with Gasteiger partial charge in [-0.25, -0.2) is 13.1 Å². The highest BCUT2D eigenvalue weighted by atomic mass is 32.2. The molecule has 1 fully saturated rings. The Labute approximate surface area is 156 Å². The summed E-state index contributed by atoms with van der Waals surface area (Å²) < 4.78 is 26.8. The molecule has 1 aromatic carbocycles. The SMILES string of the molecule is O=C(O)CCC1CCCN(C(=O)CNS(=O)(=O)c2ccccc2[N+](=O)[O-])C1. The molecule has 1 aliphatic rings. The molecule has 27 heavy (non-hydrogen) atoms. The summed E-state index contributed by atoms with van der Waals surface area (Å²) in [6, 6.07) is 4.90. The van der Waals surface area contributed by atoms with Crippen molar-refractivity contribution in [1.29, 1.82) is 0 Å². The molecule has 0 aliphatic carbocycles. The van der Waals surface area contributed by atoms with Crippen molar-refractivity contribution in [3.8, 4) is 0 Å². The molecule has 2 rings (SSSR count). The number of hydrogen-bond acceptors (Lipinski definition) is 6. The summed E-state index contributed by atoms with van der Waals surface area (Å²) in [5.74, 6) is -1.28. The van der Waals surface area contributed by atoms with Crippen LogP contribution in [0.1, 0.15) is 25.7 Å². The molecule has 1 amide bonds.